The van der Waals surface area contributed by atoms with E-state index in [0.29, 0.717) is 11.6 Å². The van der Waals surface area contributed by atoms with Gasteiger partial charge in [-0.25, -0.2) is 0 Å². The minimum absolute atomic E-state index is 0.525. The van der Waals surface area contributed by atoms with E-state index in [-0.39, 0.29) is 0 Å². The van der Waals surface area contributed by atoms with E-state index in [1.165, 1.54) is 5.56 Å². The highest BCUT2D eigenvalue weighted by atomic mass is 35.5. The van der Waals surface area contributed by atoms with Crippen LogP contribution in [-0.4, -0.2) is 4.98 Å². The van der Waals surface area contributed by atoms with Crippen LogP contribution in [0.4, 0.5) is 0 Å². The van der Waals surface area contributed by atoms with E-state index >= 15 is 0 Å². The number of pyridine rings is 1. The van der Waals surface area contributed by atoms with Crippen LogP contribution in [-0.2, 0) is 6.54 Å². The summed E-state index contributed by atoms with van der Waals surface area (Å²) in [6, 6.07) is 5.72. The second-order valence-corrected chi connectivity index (χ2v) is 3.71. The number of benzene rings is 1. The maximum Gasteiger partial charge on any atom is 0.0719 e. The van der Waals surface area contributed by atoms with E-state index in [9.17, 15) is 0 Å². The third kappa shape index (κ3) is 1.47. The zero-order chi connectivity index (χ0) is 10.1. The quantitative estimate of drug-likeness (QED) is 0.779. The van der Waals surface area contributed by atoms with Crippen molar-refractivity contribution >= 4 is 22.5 Å². The van der Waals surface area contributed by atoms with Gasteiger partial charge in [0.2, 0.25) is 0 Å². The lowest BCUT2D eigenvalue weighted by Crippen LogP contribution is -2.00. The van der Waals surface area contributed by atoms with Crippen LogP contribution in [0, 0.1) is 6.92 Å². The molecule has 2 N–H and O–H groups in total. The summed E-state index contributed by atoms with van der Waals surface area (Å²) in [6.07, 6.45) is 1.81. The number of fused-ring (bicyclic) bond motifs is 1. The van der Waals surface area contributed by atoms with Crippen LogP contribution in [0.15, 0.2) is 24.4 Å². The van der Waals surface area contributed by atoms with Gasteiger partial charge in [0.25, 0.3) is 0 Å². The van der Waals surface area contributed by atoms with Gasteiger partial charge >= 0.3 is 0 Å². The third-order valence-electron chi connectivity index (χ3n) is 2.42. The summed E-state index contributed by atoms with van der Waals surface area (Å²) in [7, 11) is 0. The van der Waals surface area contributed by atoms with Crippen molar-refractivity contribution in [2.75, 3.05) is 0 Å². The standard InChI is InChI=1S/C11H11ClN2/c1-7-8(5-13)6-14-11-4-9(12)2-3-10(7)11/h2-4,6H,5,13H2,1H3. The third-order valence-corrected chi connectivity index (χ3v) is 2.66. The van der Waals surface area contributed by atoms with Crippen molar-refractivity contribution in [3.05, 3.63) is 40.5 Å². The van der Waals surface area contributed by atoms with Crippen LogP contribution in [0.1, 0.15) is 11.1 Å². The molecule has 2 nitrogen and oxygen atoms in total. The van der Waals surface area contributed by atoms with E-state index in [2.05, 4.69) is 11.9 Å². The number of aryl methyl sites for hydroxylation is 1. The van der Waals surface area contributed by atoms with E-state index in [1.807, 2.05) is 24.4 Å². The molecule has 0 aliphatic rings. The first-order valence-electron chi connectivity index (χ1n) is 4.46. The Kier molecular flexibility index (Phi) is 2.40. The van der Waals surface area contributed by atoms with Gasteiger partial charge in [0.1, 0.15) is 0 Å². The lowest BCUT2D eigenvalue weighted by molar-refractivity contribution is 1.04. The van der Waals surface area contributed by atoms with Gasteiger partial charge in [0.05, 0.1) is 5.52 Å². The Balaban J connectivity index is 2.77. The fourth-order valence-electron chi connectivity index (χ4n) is 1.55. The highest BCUT2D eigenvalue weighted by molar-refractivity contribution is 6.31. The molecule has 1 aromatic carbocycles. The molecule has 0 unspecified atom stereocenters. The van der Waals surface area contributed by atoms with E-state index in [0.717, 1.165) is 16.5 Å². The van der Waals surface area contributed by atoms with Gasteiger partial charge in [-0.2, -0.15) is 0 Å². The maximum atomic E-state index is 5.88. The smallest absolute Gasteiger partial charge is 0.0719 e. The molecule has 2 rings (SSSR count). The van der Waals surface area contributed by atoms with Crippen LogP contribution >= 0.6 is 11.6 Å². The minimum atomic E-state index is 0.525. The molecular weight excluding hydrogens is 196 g/mol. The Labute approximate surface area is 87.7 Å². The Morgan fingerprint density at radius 2 is 2.21 bits per heavy atom. The van der Waals surface area contributed by atoms with Gasteiger partial charge in [-0.1, -0.05) is 17.7 Å². The topological polar surface area (TPSA) is 38.9 Å². The van der Waals surface area contributed by atoms with Gasteiger partial charge in [-0.15, -0.1) is 0 Å². The fraction of sp³-hybridized carbons (Fsp3) is 0.182. The van der Waals surface area contributed by atoms with Crippen LogP contribution < -0.4 is 5.73 Å². The molecule has 3 heteroatoms. The SMILES string of the molecule is Cc1c(CN)cnc2cc(Cl)ccc12. The summed E-state index contributed by atoms with van der Waals surface area (Å²) in [5, 5.41) is 1.84. The minimum Gasteiger partial charge on any atom is -0.326 e. The number of halogens is 1. The van der Waals surface area contributed by atoms with Gasteiger partial charge in [0, 0.05) is 23.2 Å². The maximum absolute atomic E-state index is 5.88. The highest BCUT2D eigenvalue weighted by Crippen LogP contribution is 2.22. The lowest BCUT2D eigenvalue weighted by Gasteiger charge is -2.06. The molecule has 0 atom stereocenters. The van der Waals surface area contributed by atoms with Gasteiger partial charge in [-0.05, 0) is 30.2 Å². The molecule has 1 aromatic heterocycles. The molecule has 0 aliphatic carbocycles. The predicted octanol–water partition coefficient (Wildman–Crippen LogP) is 2.66. The molecule has 1 heterocycles. The molecule has 0 fully saturated rings. The largest absolute Gasteiger partial charge is 0.326 e. The lowest BCUT2D eigenvalue weighted by atomic mass is 10.1. The monoisotopic (exact) mass is 206 g/mol. The number of hydrogen-bond donors (Lipinski definition) is 1. The van der Waals surface area contributed by atoms with Crippen molar-refractivity contribution in [1.29, 1.82) is 0 Å². The number of nitrogens with zero attached hydrogens (tertiary/aromatic N) is 1. The fourth-order valence-corrected chi connectivity index (χ4v) is 1.72. The number of rotatable bonds is 1. The number of hydrogen-bond acceptors (Lipinski definition) is 2. The molecule has 0 amide bonds. The molecule has 0 spiro atoms. The molecule has 2 aromatic rings. The molecule has 14 heavy (non-hydrogen) atoms. The molecular formula is C11H11ClN2. The van der Waals surface area contributed by atoms with Crippen LogP contribution in [0.5, 0.6) is 0 Å². The summed E-state index contributed by atoms with van der Waals surface area (Å²) in [5.41, 5.74) is 8.80. The first-order valence-corrected chi connectivity index (χ1v) is 4.84. The highest BCUT2D eigenvalue weighted by Gasteiger charge is 2.03. The van der Waals surface area contributed by atoms with E-state index < -0.39 is 0 Å². The Hall–Kier alpha value is -1.12. The second kappa shape index (κ2) is 3.56. The van der Waals surface area contributed by atoms with Gasteiger partial charge in [0.15, 0.2) is 0 Å². The first-order chi connectivity index (χ1) is 6.72. The first kappa shape index (κ1) is 9.44. The molecule has 0 saturated carbocycles. The van der Waals surface area contributed by atoms with Crippen molar-refractivity contribution in [2.45, 2.75) is 13.5 Å². The Bertz CT molecular complexity index is 480. The van der Waals surface area contributed by atoms with Crippen molar-refractivity contribution in [1.82, 2.24) is 4.98 Å². The second-order valence-electron chi connectivity index (χ2n) is 3.27. The Morgan fingerprint density at radius 3 is 2.93 bits per heavy atom. The summed E-state index contributed by atoms with van der Waals surface area (Å²) >= 11 is 5.88. The van der Waals surface area contributed by atoms with Crippen LogP contribution in [0.2, 0.25) is 5.02 Å². The van der Waals surface area contributed by atoms with Crippen molar-refractivity contribution in [2.24, 2.45) is 5.73 Å². The molecule has 0 radical (unpaired) electrons. The molecule has 0 saturated heterocycles. The average Bonchev–Trinajstić information content (AvgIpc) is 2.18. The normalized spacial score (nSPS) is 10.8. The van der Waals surface area contributed by atoms with Crippen LogP contribution in [0.3, 0.4) is 0 Å². The summed E-state index contributed by atoms with van der Waals surface area (Å²) in [4.78, 5) is 4.31. The summed E-state index contributed by atoms with van der Waals surface area (Å²) in [5.74, 6) is 0. The predicted molar refractivity (Wildman–Crippen MR) is 59.4 cm³/mol. The molecule has 0 bridgehead atoms. The van der Waals surface area contributed by atoms with E-state index in [1.54, 1.807) is 0 Å². The van der Waals surface area contributed by atoms with Gasteiger partial charge in [-0.3, -0.25) is 4.98 Å². The number of aromatic nitrogens is 1. The Morgan fingerprint density at radius 1 is 1.43 bits per heavy atom. The van der Waals surface area contributed by atoms with Crippen LogP contribution in [0.25, 0.3) is 10.9 Å². The zero-order valence-corrected chi connectivity index (χ0v) is 8.67. The molecule has 72 valence electrons. The summed E-state index contributed by atoms with van der Waals surface area (Å²) in [6.45, 7) is 2.58. The van der Waals surface area contributed by atoms with Crippen molar-refractivity contribution in [3.63, 3.8) is 0 Å². The van der Waals surface area contributed by atoms with Crippen molar-refractivity contribution < 1.29 is 0 Å². The van der Waals surface area contributed by atoms with Gasteiger partial charge < -0.3 is 5.73 Å². The number of nitrogens with two attached hydrogens (primary N) is 1. The molecule has 0 aliphatic heterocycles. The summed E-state index contributed by atoms with van der Waals surface area (Å²) < 4.78 is 0. The zero-order valence-electron chi connectivity index (χ0n) is 7.92. The average molecular weight is 207 g/mol. The van der Waals surface area contributed by atoms with Crippen molar-refractivity contribution in [3.8, 4) is 0 Å². The van der Waals surface area contributed by atoms with E-state index in [4.69, 9.17) is 17.3 Å².